The van der Waals surface area contributed by atoms with E-state index in [1.807, 2.05) is 32.0 Å². The first-order valence-corrected chi connectivity index (χ1v) is 3.59. The minimum Gasteiger partial charge on any atom is -0.366 e. The lowest BCUT2D eigenvalue weighted by Crippen LogP contribution is -2.24. The number of nitrogens with two attached hydrogens (primary N) is 1. The van der Waals surface area contributed by atoms with Gasteiger partial charge in [0.2, 0.25) is 5.91 Å². The lowest BCUT2D eigenvalue weighted by Gasteiger charge is -2.15. The van der Waals surface area contributed by atoms with Gasteiger partial charge in [0.05, 0.1) is 0 Å². The lowest BCUT2D eigenvalue weighted by molar-refractivity contribution is -0.114. The number of likely N-dealkylation sites (N-methyl/N-ethyl adjacent to an activating group) is 1. The molecule has 0 aliphatic rings. The normalized spacial score (nSPS) is 15.2. The van der Waals surface area contributed by atoms with Crippen molar-refractivity contribution in [3.05, 3.63) is 11.6 Å². The number of hydrogen-bond donors (Lipinski definition) is 1. The average Bonchev–Trinajstić information content (AvgIpc) is 1.87. The van der Waals surface area contributed by atoms with Crippen molar-refractivity contribution in [2.45, 2.75) is 19.9 Å². The van der Waals surface area contributed by atoms with Crippen LogP contribution < -0.4 is 5.73 Å². The monoisotopic (exact) mass is 156 g/mol. The Kier molecular flexibility index (Phi) is 3.82. The fraction of sp³-hybridized carbons (Fsp3) is 0.625. The van der Waals surface area contributed by atoms with Crippen molar-refractivity contribution in [3.8, 4) is 0 Å². The van der Waals surface area contributed by atoms with Crippen LogP contribution in [0.1, 0.15) is 13.8 Å². The third-order valence-corrected chi connectivity index (χ3v) is 1.69. The molecule has 0 aromatic carbocycles. The van der Waals surface area contributed by atoms with E-state index in [0.717, 1.165) is 0 Å². The molecule has 0 rings (SSSR count). The molecule has 3 heteroatoms. The first-order valence-electron chi connectivity index (χ1n) is 3.59. The van der Waals surface area contributed by atoms with Crippen LogP contribution in [0.25, 0.3) is 0 Å². The van der Waals surface area contributed by atoms with Gasteiger partial charge in [0, 0.05) is 11.6 Å². The highest BCUT2D eigenvalue weighted by Gasteiger charge is 2.03. The molecule has 0 bridgehead atoms. The van der Waals surface area contributed by atoms with Crippen LogP contribution in [-0.4, -0.2) is 30.9 Å². The van der Waals surface area contributed by atoms with Crippen LogP contribution in [0.4, 0.5) is 0 Å². The van der Waals surface area contributed by atoms with E-state index in [9.17, 15) is 4.79 Å². The molecule has 64 valence electrons. The molecule has 1 atom stereocenters. The first kappa shape index (κ1) is 10.2. The molecule has 0 fully saturated rings. The Morgan fingerprint density at radius 2 is 2.00 bits per heavy atom. The van der Waals surface area contributed by atoms with Crippen molar-refractivity contribution < 1.29 is 4.79 Å². The minimum absolute atomic E-state index is 0.252. The van der Waals surface area contributed by atoms with Crippen molar-refractivity contribution in [2.75, 3.05) is 14.1 Å². The summed E-state index contributed by atoms with van der Waals surface area (Å²) in [5, 5.41) is 0. The van der Waals surface area contributed by atoms with Gasteiger partial charge in [-0.25, -0.2) is 0 Å². The number of carbonyl (C=O) groups excluding carboxylic acids is 1. The summed E-state index contributed by atoms with van der Waals surface area (Å²) in [6.07, 6.45) is 1.85. The second-order valence-corrected chi connectivity index (χ2v) is 2.92. The summed E-state index contributed by atoms with van der Waals surface area (Å²) in [7, 11) is 3.91. The molecule has 0 heterocycles. The zero-order valence-electron chi connectivity index (χ0n) is 7.59. The second-order valence-electron chi connectivity index (χ2n) is 2.92. The van der Waals surface area contributed by atoms with Gasteiger partial charge in [-0.2, -0.15) is 0 Å². The Morgan fingerprint density at radius 1 is 1.55 bits per heavy atom. The van der Waals surface area contributed by atoms with Crippen LogP contribution in [0.5, 0.6) is 0 Å². The molecule has 0 radical (unpaired) electrons. The molecule has 0 aliphatic heterocycles. The van der Waals surface area contributed by atoms with Gasteiger partial charge >= 0.3 is 0 Å². The van der Waals surface area contributed by atoms with E-state index >= 15 is 0 Å². The maximum atomic E-state index is 10.6. The molecule has 0 saturated carbocycles. The van der Waals surface area contributed by atoms with Gasteiger partial charge in [-0.3, -0.25) is 4.79 Å². The fourth-order valence-corrected chi connectivity index (χ4v) is 0.593. The number of carbonyl (C=O) groups is 1. The Balaban J connectivity index is 4.19. The minimum atomic E-state index is -0.348. The van der Waals surface area contributed by atoms with Gasteiger partial charge < -0.3 is 10.6 Å². The Hall–Kier alpha value is -0.830. The van der Waals surface area contributed by atoms with Gasteiger partial charge in [-0.05, 0) is 27.9 Å². The second kappa shape index (κ2) is 4.13. The SMILES string of the molecule is C/C(=C/C(C)N(C)C)C(N)=O. The highest BCUT2D eigenvalue weighted by molar-refractivity contribution is 5.91. The van der Waals surface area contributed by atoms with Crippen molar-refractivity contribution in [3.63, 3.8) is 0 Å². The largest absolute Gasteiger partial charge is 0.366 e. The van der Waals surface area contributed by atoms with E-state index in [2.05, 4.69) is 0 Å². The zero-order chi connectivity index (χ0) is 9.02. The fourth-order valence-electron chi connectivity index (χ4n) is 0.593. The maximum Gasteiger partial charge on any atom is 0.244 e. The van der Waals surface area contributed by atoms with E-state index in [1.165, 1.54) is 0 Å². The van der Waals surface area contributed by atoms with Crippen LogP contribution in [0.2, 0.25) is 0 Å². The van der Waals surface area contributed by atoms with Crippen LogP contribution in [0.3, 0.4) is 0 Å². The Morgan fingerprint density at radius 3 is 2.27 bits per heavy atom. The van der Waals surface area contributed by atoms with Gasteiger partial charge in [0.25, 0.3) is 0 Å². The third kappa shape index (κ3) is 3.78. The molecule has 0 aliphatic carbocycles. The molecule has 1 amide bonds. The molecule has 2 N–H and O–H groups in total. The van der Waals surface area contributed by atoms with Crippen LogP contribution in [0.15, 0.2) is 11.6 Å². The van der Waals surface area contributed by atoms with Crippen LogP contribution in [-0.2, 0) is 4.79 Å². The Labute approximate surface area is 67.9 Å². The third-order valence-electron chi connectivity index (χ3n) is 1.69. The summed E-state index contributed by atoms with van der Waals surface area (Å²) in [4.78, 5) is 12.6. The number of rotatable bonds is 3. The lowest BCUT2D eigenvalue weighted by atomic mass is 10.2. The van der Waals surface area contributed by atoms with Gasteiger partial charge in [0.1, 0.15) is 0 Å². The van der Waals surface area contributed by atoms with Crippen LogP contribution in [0, 0.1) is 0 Å². The summed E-state index contributed by atoms with van der Waals surface area (Å²) in [5.41, 5.74) is 5.68. The van der Waals surface area contributed by atoms with Crippen molar-refractivity contribution in [2.24, 2.45) is 5.73 Å². The van der Waals surface area contributed by atoms with Gasteiger partial charge in [-0.15, -0.1) is 0 Å². The molecule has 3 nitrogen and oxygen atoms in total. The van der Waals surface area contributed by atoms with Gasteiger partial charge in [-0.1, -0.05) is 6.08 Å². The maximum absolute atomic E-state index is 10.6. The van der Waals surface area contributed by atoms with E-state index in [1.54, 1.807) is 6.92 Å². The molecule has 0 aromatic rings. The van der Waals surface area contributed by atoms with E-state index in [-0.39, 0.29) is 11.9 Å². The number of nitrogens with zero attached hydrogens (tertiary/aromatic N) is 1. The van der Waals surface area contributed by atoms with Crippen molar-refractivity contribution in [1.82, 2.24) is 4.90 Å². The summed E-state index contributed by atoms with van der Waals surface area (Å²) in [6.45, 7) is 3.73. The highest BCUT2D eigenvalue weighted by atomic mass is 16.1. The van der Waals surface area contributed by atoms with Crippen molar-refractivity contribution >= 4 is 5.91 Å². The molecule has 0 saturated heterocycles. The molecular formula is C8H16N2O. The summed E-state index contributed by atoms with van der Waals surface area (Å²) in [5.74, 6) is -0.348. The number of primary amides is 1. The zero-order valence-corrected chi connectivity index (χ0v) is 7.59. The molecule has 1 unspecified atom stereocenters. The van der Waals surface area contributed by atoms with E-state index < -0.39 is 0 Å². The number of amides is 1. The average molecular weight is 156 g/mol. The smallest absolute Gasteiger partial charge is 0.244 e. The summed E-state index contributed by atoms with van der Waals surface area (Å²) >= 11 is 0. The summed E-state index contributed by atoms with van der Waals surface area (Å²) in [6, 6.07) is 0.252. The first-order chi connectivity index (χ1) is 4.95. The highest BCUT2D eigenvalue weighted by Crippen LogP contribution is 1.98. The molecular weight excluding hydrogens is 140 g/mol. The quantitative estimate of drug-likeness (QED) is 0.600. The predicted molar refractivity (Wildman–Crippen MR) is 46.1 cm³/mol. The van der Waals surface area contributed by atoms with Crippen LogP contribution >= 0.6 is 0 Å². The topological polar surface area (TPSA) is 46.3 Å². The summed E-state index contributed by atoms with van der Waals surface area (Å²) < 4.78 is 0. The molecule has 0 spiro atoms. The van der Waals surface area contributed by atoms with E-state index in [4.69, 9.17) is 5.73 Å². The number of hydrogen-bond acceptors (Lipinski definition) is 2. The van der Waals surface area contributed by atoms with Gasteiger partial charge in [0.15, 0.2) is 0 Å². The molecule has 0 aromatic heterocycles. The van der Waals surface area contributed by atoms with Crippen molar-refractivity contribution in [1.29, 1.82) is 0 Å². The molecule has 11 heavy (non-hydrogen) atoms. The predicted octanol–water partition coefficient (Wildman–Crippen LogP) is 0.368. The Bertz CT molecular complexity index is 173. The standard InChI is InChI=1S/C8H16N2O/c1-6(8(9)11)5-7(2)10(3)4/h5,7H,1-4H3,(H2,9,11)/b6-5-. The van der Waals surface area contributed by atoms with E-state index in [0.29, 0.717) is 5.57 Å².